The van der Waals surface area contributed by atoms with Crippen LogP contribution in [0, 0.1) is 0 Å². The Morgan fingerprint density at radius 3 is 1.06 bits per heavy atom. The molecule has 0 aliphatic rings. The van der Waals surface area contributed by atoms with Gasteiger partial charge in [0.1, 0.15) is 0 Å². The maximum atomic E-state index is 10.9. The van der Waals surface area contributed by atoms with Gasteiger partial charge in [0.25, 0.3) is 0 Å². The van der Waals surface area contributed by atoms with Crippen LogP contribution in [0.4, 0.5) is 0 Å². The number of carbonyl (C=O) groups is 2. The van der Waals surface area contributed by atoms with Gasteiger partial charge in [0, 0.05) is 11.1 Å². The second-order valence-electron chi connectivity index (χ2n) is 6.40. The van der Waals surface area contributed by atoms with Crippen molar-refractivity contribution in [3.05, 3.63) is 120 Å². The molecule has 0 fully saturated rings. The SMILES string of the molecule is O=C([O-])c1ccccc1-c1ccccc1.O=C([O-])c1ccccc1-c1ccccc1.[Hg+2]. The number of hydrogen-bond acceptors (Lipinski definition) is 4. The normalized spacial score (nSPS) is 9.55. The van der Waals surface area contributed by atoms with Crippen molar-refractivity contribution < 1.29 is 47.5 Å². The average molecular weight is 595 g/mol. The molecule has 0 unspecified atom stereocenters. The van der Waals surface area contributed by atoms with Crippen LogP contribution in [0.2, 0.25) is 0 Å². The Morgan fingerprint density at radius 1 is 0.452 bits per heavy atom. The molecule has 0 saturated heterocycles. The topological polar surface area (TPSA) is 80.3 Å². The molecule has 31 heavy (non-hydrogen) atoms. The van der Waals surface area contributed by atoms with Crippen molar-refractivity contribution >= 4 is 11.9 Å². The fourth-order valence-corrected chi connectivity index (χ4v) is 3.06. The molecule has 5 heteroatoms. The zero-order chi connectivity index (χ0) is 21.3. The van der Waals surface area contributed by atoms with E-state index in [9.17, 15) is 19.8 Å². The van der Waals surface area contributed by atoms with Gasteiger partial charge in [-0.1, -0.05) is 109 Å². The molecule has 0 aromatic heterocycles. The summed E-state index contributed by atoms with van der Waals surface area (Å²) in [4.78, 5) is 21.8. The molecule has 4 aromatic rings. The maximum absolute atomic E-state index is 10.9. The zero-order valence-electron chi connectivity index (χ0n) is 16.7. The van der Waals surface area contributed by atoms with Gasteiger partial charge in [0.2, 0.25) is 0 Å². The Balaban J connectivity index is 0.000000213. The molecule has 0 N–H and O–H groups in total. The van der Waals surface area contributed by atoms with Gasteiger partial charge < -0.3 is 19.8 Å². The third-order valence-corrected chi connectivity index (χ3v) is 4.46. The van der Waals surface area contributed by atoms with E-state index in [1.807, 2.05) is 72.8 Å². The number of benzene rings is 4. The van der Waals surface area contributed by atoms with Crippen molar-refractivity contribution in [3.8, 4) is 22.3 Å². The Labute approximate surface area is 201 Å². The van der Waals surface area contributed by atoms with Crippen molar-refractivity contribution in [1.29, 1.82) is 0 Å². The quantitative estimate of drug-likeness (QED) is 0.339. The maximum Gasteiger partial charge on any atom is 2.00 e. The van der Waals surface area contributed by atoms with E-state index >= 15 is 0 Å². The molecule has 0 aliphatic carbocycles. The number of carbonyl (C=O) groups excluding carboxylic acids is 2. The fourth-order valence-electron chi connectivity index (χ4n) is 3.06. The summed E-state index contributed by atoms with van der Waals surface area (Å²) in [5.41, 5.74) is 3.61. The van der Waals surface area contributed by atoms with Gasteiger partial charge in [0.05, 0.1) is 11.9 Å². The Bertz CT molecular complexity index is 1050. The molecule has 0 spiro atoms. The number of aromatic carboxylic acids is 2. The molecule has 0 aliphatic heterocycles. The first-order valence-corrected chi connectivity index (χ1v) is 9.29. The van der Waals surface area contributed by atoms with E-state index in [0.29, 0.717) is 11.1 Å². The Kier molecular flexibility index (Phi) is 9.16. The van der Waals surface area contributed by atoms with Crippen LogP contribution in [-0.4, -0.2) is 11.9 Å². The van der Waals surface area contributed by atoms with Crippen molar-refractivity contribution in [2.45, 2.75) is 0 Å². The summed E-state index contributed by atoms with van der Waals surface area (Å²) in [7, 11) is 0. The first-order valence-electron chi connectivity index (χ1n) is 9.29. The number of hydrogen-bond donors (Lipinski definition) is 0. The Hall–Kier alpha value is -3.24. The fraction of sp³-hybridized carbons (Fsp3) is 0. The molecular weight excluding hydrogens is 577 g/mol. The minimum atomic E-state index is -1.14. The monoisotopic (exact) mass is 596 g/mol. The molecule has 0 amide bonds. The predicted molar refractivity (Wildman–Crippen MR) is 112 cm³/mol. The summed E-state index contributed by atoms with van der Waals surface area (Å²) in [6.07, 6.45) is 0. The largest absolute Gasteiger partial charge is 2.00 e. The molecule has 0 atom stereocenters. The average Bonchev–Trinajstić information content (AvgIpc) is 2.80. The van der Waals surface area contributed by atoms with E-state index in [0.717, 1.165) is 11.1 Å². The summed E-state index contributed by atoms with van der Waals surface area (Å²) in [5, 5.41) is 21.8. The molecule has 0 saturated carbocycles. The molecule has 0 bridgehead atoms. The van der Waals surface area contributed by atoms with Crippen LogP contribution in [0.25, 0.3) is 22.3 Å². The van der Waals surface area contributed by atoms with Gasteiger partial charge in [-0.3, -0.25) is 0 Å². The minimum absolute atomic E-state index is 0. The second-order valence-corrected chi connectivity index (χ2v) is 6.40. The molecule has 0 heterocycles. The summed E-state index contributed by atoms with van der Waals surface area (Å²) in [6, 6.07) is 32.5. The summed E-state index contributed by atoms with van der Waals surface area (Å²) in [6.45, 7) is 0. The first-order chi connectivity index (χ1) is 14.6. The number of carboxylic acids is 2. The molecular formula is C26H18HgO4. The Morgan fingerprint density at radius 2 is 0.742 bits per heavy atom. The summed E-state index contributed by atoms with van der Waals surface area (Å²) >= 11 is 0. The molecule has 0 radical (unpaired) electrons. The van der Waals surface area contributed by atoms with E-state index in [2.05, 4.69) is 0 Å². The van der Waals surface area contributed by atoms with E-state index in [1.165, 1.54) is 0 Å². The van der Waals surface area contributed by atoms with Crippen LogP contribution < -0.4 is 10.2 Å². The van der Waals surface area contributed by atoms with Crippen LogP contribution in [0.5, 0.6) is 0 Å². The van der Waals surface area contributed by atoms with Crippen LogP contribution in [0.15, 0.2) is 109 Å². The van der Waals surface area contributed by atoms with Gasteiger partial charge in [-0.2, -0.15) is 0 Å². The molecule has 4 rings (SSSR count). The van der Waals surface area contributed by atoms with E-state index in [-0.39, 0.29) is 38.8 Å². The van der Waals surface area contributed by atoms with Crippen LogP contribution in [0.3, 0.4) is 0 Å². The van der Waals surface area contributed by atoms with Crippen molar-refractivity contribution in [3.63, 3.8) is 0 Å². The van der Waals surface area contributed by atoms with Crippen LogP contribution >= 0.6 is 0 Å². The van der Waals surface area contributed by atoms with Crippen molar-refractivity contribution in [1.82, 2.24) is 0 Å². The van der Waals surface area contributed by atoms with Crippen LogP contribution in [0.1, 0.15) is 20.7 Å². The number of rotatable bonds is 4. The van der Waals surface area contributed by atoms with Gasteiger partial charge in [0.15, 0.2) is 0 Å². The summed E-state index contributed by atoms with van der Waals surface area (Å²) < 4.78 is 0. The minimum Gasteiger partial charge on any atom is -0.545 e. The summed E-state index contributed by atoms with van der Waals surface area (Å²) in [5.74, 6) is -2.29. The van der Waals surface area contributed by atoms with Crippen molar-refractivity contribution in [2.75, 3.05) is 0 Å². The van der Waals surface area contributed by atoms with E-state index < -0.39 is 11.9 Å². The van der Waals surface area contributed by atoms with Gasteiger partial charge in [-0.05, 0) is 22.3 Å². The third kappa shape index (κ3) is 6.36. The van der Waals surface area contributed by atoms with E-state index in [1.54, 1.807) is 36.4 Å². The first kappa shape index (κ1) is 24.0. The van der Waals surface area contributed by atoms with Gasteiger partial charge in [-0.25, -0.2) is 0 Å². The molecule has 4 aromatic carbocycles. The zero-order valence-corrected chi connectivity index (χ0v) is 22.2. The van der Waals surface area contributed by atoms with Crippen LogP contribution in [-0.2, 0) is 27.7 Å². The second kappa shape index (κ2) is 11.8. The van der Waals surface area contributed by atoms with E-state index in [4.69, 9.17) is 0 Å². The number of carboxylic acid groups (broad SMARTS) is 2. The predicted octanol–water partition coefficient (Wildman–Crippen LogP) is 3.43. The van der Waals surface area contributed by atoms with Gasteiger partial charge in [-0.15, -0.1) is 0 Å². The van der Waals surface area contributed by atoms with Gasteiger partial charge >= 0.3 is 27.7 Å². The molecule has 4 nitrogen and oxygen atoms in total. The standard InChI is InChI=1S/2C13H10O2.Hg/c2*14-13(15)12-9-5-4-8-11(12)10-6-2-1-3-7-10;/h2*1-9H,(H,14,15);/q;;+2/p-2. The smallest absolute Gasteiger partial charge is 0.545 e. The molecule has 148 valence electrons. The van der Waals surface area contributed by atoms with Crippen molar-refractivity contribution in [2.24, 2.45) is 0 Å². The third-order valence-electron chi connectivity index (χ3n) is 4.46.